The Kier molecular flexibility index (Phi) is 4.55. The summed E-state index contributed by atoms with van der Waals surface area (Å²) in [6, 6.07) is 6.34. The molecule has 1 heterocycles. The molecule has 0 fully saturated rings. The van der Waals surface area contributed by atoms with Crippen molar-refractivity contribution in [1.29, 1.82) is 0 Å². The molecule has 0 aliphatic rings. The van der Waals surface area contributed by atoms with Crippen LogP contribution < -0.4 is 0 Å². The van der Waals surface area contributed by atoms with Gasteiger partial charge >= 0.3 is 5.97 Å². The Hall–Kier alpha value is -1.40. The lowest BCUT2D eigenvalue weighted by molar-refractivity contribution is 0.0693. The fraction of sp³-hybridized carbons (Fsp3) is 0.0769. The molecule has 2 rings (SSSR count). The molecule has 98 valence electrons. The van der Waals surface area contributed by atoms with E-state index in [1.54, 1.807) is 24.4 Å². The van der Waals surface area contributed by atoms with Crippen molar-refractivity contribution in [2.75, 3.05) is 0 Å². The van der Waals surface area contributed by atoms with E-state index in [1.165, 1.54) is 17.8 Å². The minimum Gasteiger partial charge on any atom is -0.478 e. The average molecular weight is 342 g/mol. The smallest absolute Gasteiger partial charge is 0.336 e. The molecule has 0 saturated heterocycles. The lowest BCUT2D eigenvalue weighted by Crippen LogP contribution is -1.98. The van der Waals surface area contributed by atoms with Crippen molar-refractivity contribution in [3.63, 3.8) is 0 Å². The minimum absolute atomic E-state index is 0.234. The van der Waals surface area contributed by atoms with E-state index in [2.05, 4.69) is 20.9 Å². The molecule has 0 amide bonds. The van der Waals surface area contributed by atoms with Crippen LogP contribution in [-0.4, -0.2) is 16.1 Å². The second-order valence-corrected chi connectivity index (χ2v) is 5.68. The van der Waals surface area contributed by atoms with E-state index in [4.69, 9.17) is 5.11 Å². The van der Waals surface area contributed by atoms with Crippen LogP contribution >= 0.6 is 27.7 Å². The van der Waals surface area contributed by atoms with Crippen LogP contribution in [0.2, 0.25) is 0 Å². The summed E-state index contributed by atoms with van der Waals surface area (Å²) in [6.45, 7) is 0. The molecule has 1 aromatic heterocycles. The number of carboxylic acids is 1. The third kappa shape index (κ3) is 3.78. The first-order valence-electron chi connectivity index (χ1n) is 5.31. The van der Waals surface area contributed by atoms with E-state index >= 15 is 0 Å². The molecule has 1 N–H and O–H groups in total. The molecular formula is C13H9BrFNO2S. The molecule has 3 nitrogen and oxygen atoms in total. The van der Waals surface area contributed by atoms with Crippen LogP contribution in [0.5, 0.6) is 0 Å². The zero-order valence-electron chi connectivity index (χ0n) is 9.64. The Bertz CT molecular complexity index is 621. The van der Waals surface area contributed by atoms with Crippen LogP contribution in [0.1, 0.15) is 15.9 Å². The van der Waals surface area contributed by atoms with Gasteiger partial charge in [-0.05, 0) is 29.8 Å². The van der Waals surface area contributed by atoms with Gasteiger partial charge in [0, 0.05) is 21.3 Å². The summed E-state index contributed by atoms with van der Waals surface area (Å²) in [7, 11) is 0. The SMILES string of the molecule is O=C(O)c1ccc(Br)cc1SCc1cncc(F)c1. The van der Waals surface area contributed by atoms with Crippen molar-refractivity contribution in [3.8, 4) is 0 Å². The number of nitrogens with zero attached hydrogens (tertiary/aromatic N) is 1. The van der Waals surface area contributed by atoms with Crippen LogP contribution in [0, 0.1) is 5.82 Å². The van der Waals surface area contributed by atoms with E-state index in [0.29, 0.717) is 16.2 Å². The van der Waals surface area contributed by atoms with Gasteiger partial charge < -0.3 is 5.11 Å². The van der Waals surface area contributed by atoms with E-state index < -0.39 is 11.8 Å². The Labute approximate surface area is 122 Å². The first-order chi connectivity index (χ1) is 9.06. The Morgan fingerprint density at radius 1 is 1.37 bits per heavy atom. The van der Waals surface area contributed by atoms with Gasteiger partial charge in [-0.1, -0.05) is 15.9 Å². The Balaban J connectivity index is 2.19. The second-order valence-electron chi connectivity index (χ2n) is 3.75. The van der Waals surface area contributed by atoms with Crippen molar-refractivity contribution >= 4 is 33.7 Å². The normalized spacial score (nSPS) is 10.4. The molecule has 0 atom stereocenters. The van der Waals surface area contributed by atoms with Gasteiger partial charge in [0.2, 0.25) is 0 Å². The molecule has 19 heavy (non-hydrogen) atoms. The van der Waals surface area contributed by atoms with Crippen molar-refractivity contribution in [1.82, 2.24) is 4.98 Å². The van der Waals surface area contributed by atoms with Crippen molar-refractivity contribution in [3.05, 3.63) is 58.1 Å². The monoisotopic (exact) mass is 341 g/mol. The largest absolute Gasteiger partial charge is 0.478 e. The number of pyridine rings is 1. The molecule has 0 unspecified atom stereocenters. The summed E-state index contributed by atoms with van der Waals surface area (Å²) in [5, 5.41) is 9.10. The summed E-state index contributed by atoms with van der Waals surface area (Å²) in [5.41, 5.74) is 0.943. The number of carbonyl (C=O) groups is 1. The molecule has 2 aromatic rings. The van der Waals surface area contributed by atoms with Crippen molar-refractivity contribution < 1.29 is 14.3 Å². The van der Waals surface area contributed by atoms with Gasteiger partial charge in [0.25, 0.3) is 0 Å². The van der Waals surface area contributed by atoms with Crippen LogP contribution in [0.25, 0.3) is 0 Å². The standard InChI is InChI=1S/C13H9BrFNO2S/c14-9-1-2-11(13(17)18)12(4-9)19-7-8-3-10(15)6-16-5-8/h1-6H,7H2,(H,17,18). The third-order valence-corrected chi connectivity index (χ3v) is 3.95. The summed E-state index contributed by atoms with van der Waals surface area (Å²) >= 11 is 4.64. The van der Waals surface area contributed by atoms with E-state index in [-0.39, 0.29) is 5.56 Å². The van der Waals surface area contributed by atoms with Crippen LogP contribution in [0.3, 0.4) is 0 Å². The maximum absolute atomic E-state index is 13.0. The number of aromatic carboxylic acids is 1. The summed E-state index contributed by atoms with van der Waals surface area (Å²) in [5.74, 6) is -0.917. The van der Waals surface area contributed by atoms with Gasteiger partial charge in [0.05, 0.1) is 11.8 Å². The molecule has 0 radical (unpaired) electrons. The molecule has 0 aliphatic carbocycles. The van der Waals surface area contributed by atoms with Crippen LogP contribution in [0.15, 0.2) is 46.0 Å². The highest BCUT2D eigenvalue weighted by molar-refractivity contribution is 9.10. The van der Waals surface area contributed by atoms with E-state index in [9.17, 15) is 9.18 Å². The predicted molar refractivity (Wildman–Crippen MR) is 74.9 cm³/mol. The van der Waals surface area contributed by atoms with Crippen LogP contribution in [-0.2, 0) is 5.75 Å². The molecular weight excluding hydrogens is 333 g/mol. The molecule has 1 aromatic carbocycles. The highest BCUT2D eigenvalue weighted by atomic mass is 79.9. The summed E-state index contributed by atoms with van der Waals surface area (Å²) in [4.78, 5) is 15.5. The average Bonchev–Trinajstić information content (AvgIpc) is 2.36. The topological polar surface area (TPSA) is 50.2 Å². The van der Waals surface area contributed by atoms with Crippen molar-refractivity contribution in [2.24, 2.45) is 0 Å². The molecule has 0 saturated carbocycles. The number of thioether (sulfide) groups is 1. The highest BCUT2D eigenvalue weighted by Crippen LogP contribution is 2.29. The van der Waals surface area contributed by atoms with Gasteiger partial charge in [-0.15, -0.1) is 11.8 Å². The maximum atomic E-state index is 13.0. The van der Waals surface area contributed by atoms with Gasteiger partial charge in [0.1, 0.15) is 5.82 Å². The number of hydrogen-bond donors (Lipinski definition) is 1. The number of rotatable bonds is 4. The fourth-order valence-corrected chi connectivity index (χ4v) is 3.00. The van der Waals surface area contributed by atoms with Crippen molar-refractivity contribution in [2.45, 2.75) is 10.6 Å². The maximum Gasteiger partial charge on any atom is 0.336 e. The number of carboxylic acid groups (broad SMARTS) is 1. The third-order valence-electron chi connectivity index (χ3n) is 2.33. The second kappa shape index (κ2) is 6.16. The first-order valence-corrected chi connectivity index (χ1v) is 7.09. The van der Waals surface area contributed by atoms with Gasteiger partial charge in [-0.3, -0.25) is 4.98 Å². The van der Waals surface area contributed by atoms with Crippen LogP contribution in [0.4, 0.5) is 4.39 Å². The van der Waals surface area contributed by atoms with E-state index in [1.807, 2.05) is 0 Å². The molecule has 0 bridgehead atoms. The highest BCUT2D eigenvalue weighted by Gasteiger charge is 2.11. The van der Waals surface area contributed by atoms with E-state index in [0.717, 1.165) is 10.7 Å². The lowest BCUT2D eigenvalue weighted by Gasteiger charge is -2.06. The number of halogens is 2. The Morgan fingerprint density at radius 2 is 2.16 bits per heavy atom. The predicted octanol–water partition coefficient (Wildman–Crippen LogP) is 3.97. The Morgan fingerprint density at radius 3 is 2.84 bits per heavy atom. The number of hydrogen-bond acceptors (Lipinski definition) is 3. The fourth-order valence-electron chi connectivity index (χ4n) is 1.49. The number of benzene rings is 1. The van der Waals surface area contributed by atoms with Gasteiger partial charge in [0.15, 0.2) is 0 Å². The molecule has 0 spiro atoms. The lowest BCUT2D eigenvalue weighted by atomic mass is 10.2. The molecule has 6 heteroatoms. The van der Waals surface area contributed by atoms with Gasteiger partial charge in [-0.25, -0.2) is 9.18 Å². The quantitative estimate of drug-likeness (QED) is 0.854. The summed E-state index contributed by atoms with van der Waals surface area (Å²) in [6.07, 6.45) is 2.70. The zero-order valence-corrected chi connectivity index (χ0v) is 12.0. The number of aromatic nitrogens is 1. The zero-order chi connectivity index (χ0) is 13.8. The molecule has 0 aliphatic heterocycles. The van der Waals surface area contributed by atoms with Gasteiger partial charge in [-0.2, -0.15) is 0 Å². The first kappa shape index (κ1) is 14.0. The summed E-state index contributed by atoms with van der Waals surface area (Å²) < 4.78 is 13.8. The minimum atomic E-state index is -0.979.